The third-order valence-corrected chi connectivity index (χ3v) is 24.8. The van der Waals surface area contributed by atoms with E-state index < -0.39 is 0 Å². The van der Waals surface area contributed by atoms with E-state index in [2.05, 4.69) is 437 Å². The van der Waals surface area contributed by atoms with Crippen LogP contribution in [0.3, 0.4) is 0 Å². The fourth-order valence-electron chi connectivity index (χ4n) is 19.3. The molecule has 0 radical (unpaired) electrons. The van der Waals surface area contributed by atoms with E-state index in [1.807, 2.05) is 0 Å². The molecule has 116 heavy (non-hydrogen) atoms. The van der Waals surface area contributed by atoms with Gasteiger partial charge in [-0.25, -0.2) is 0 Å². The maximum absolute atomic E-state index is 2.47. The second kappa shape index (κ2) is 27.4. The van der Waals surface area contributed by atoms with Crippen LogP contribution in [0.15, 0.2) is 437 Å². The molecule has 0 aromatic heterocycles. The molecule has 0 aliphatic heterocycles. The Morgan fingerprint density at radius 2 is 0.302 bits per heavy atom. The van der Waals surface area contributed by atoms with Crippen LogP contribution in [-0.4, -0.2) is 0 Å². The maximum atomic E-state index is 2.47. The van der Waals surface area contributed by atoms with Gasteiger partial charge in [-0.1, -0.05) is 388 Å². The van der Waals surface area contributed by atoms with E-state index >= 15 is 0 Å². The highest BCUT2D eigenvalue weighted by molar-refractivity contribution is 6.40. The quantitative estimate of drug-likeness (QED) is 0.133. The lowest BCUT2D eigenvalue weighted by Crippen LogP contribution is -1.91. The largest absolute Gasteiger partial charge is 0.0622 e. The lowest BCUT2D eigenvalue weighted by molar-refractivity contribution is 1.63. The molecule has 24 aromatic rings. The number of hydrogen-bond acceptors (Lipinski definition) is 0. The van der Waals surface area contributed by atoms with Crippen molar-refractivity contribution in [3.8, 4) is 89.0 Å². The third-order valence-electron chi connectivity index (χ3n) is 24.8. The van der Waals surface area contributed by atoms with E-state index in [1.54, 1.807) is 0 Å². The van der Waals surface area contributed by atoms with Gasteiger partial charge in [0, 0.05) is 0 Å². The van der Waals surface area contributed by atoms with Gasteiger partial charge in [-0.3, -0.25) is 0 Å². The first kappa shape index (κ1) is 66.7. The van der Waals surface area contributed by atoms with Crippen molar-refractivity contribution in [2.75, 3.05) is 0 Å². The summed E-state index contributed by atoms with van der Waals surface area (Å²) in [6.45, 7) is 0. The van der Waals surface area contributed by atoms with Crippen LogP contribution in [0.2, 0.25) is 0 Å². The summed E-state index contributed by atoms with van der Waals surface area (Å²) in [5.74, 6) is 0. The standard InChI is InChI=1S/2C58H36/c1-3-17-43-37(13-1)15-11-25-45(43)39-27-31-41(32-28-39)53-35-55-47-19-5-6-20-48(47)56-36-54(42-33-29-40(30-34-42)46-26-12-16-38-14-2-4-18-44(38)46)50-22-8-10-24-52(50)58(56)57(55)51-23-9-7-21-49(51)53;1-3-13-37(14-4-1)39-23-25-43-33-45(29-27-41(43)31-39)53-35-55-47-17-7-8-18-48(47)56-36-54(46-30-28-42-32-40(24-26-44(42)34-46)38-15-5-2-6-16-38)50-20-10-12-22-52(50)58(56)57(55)51-21-11-9-19-49(51)53/h2*1-36H. The molecular formula is C116H72. The van der Waals surface area contributed by atoms with Gasteiger partial charge in [-0.05, 0) is 288 Å². The zero-order chi connectivity index (χ0) is 76.3. The smallest absolute Gasteiger partial charge is 0.00137 e. The average molecular weight is 1470 g/mol. The van der Waals surface area contributed by atoms with E-state index in [0.717, 1.165) is 0 Å². The predicted molar refractivity (Wildman–Crippen MR) is 501 cm³/mol. The first-order valence-corrected chi connectivity index (χ1v) is 40.3. The van der Waals surface area contributed by atoms with Gasteiger partial charge in [0.1, 0.15) is 0 Å². The first-order chi connectivity index (χ1) is 57.5. The Kier molecular flexibility index (Phi) is 15.7. The summed E-state index contributed by atoms with van der Waals surface area (Å²) in [4.78, 5) is 0. The number of fused-ring (bicyclic) bond motifs is 24. The number of benzene rings is 24. The van der Waals surface area contributed by atoms with Crippen molar-refractivity contribution in [2.45, 2.75) is 0 Å². The van der Waals surface area contributed by atoms with Crippen LogP contribution in [-0.2, 0) is 0 Å². The fraction of sp³-hybridized carbons (Fsp3) is 0. The summed E-state index contributed by atoms with van der Waals surface area (Å²) < 4.78 is 0. The molecule has 0 unspecified atom stereocenters. The van der Waals surface area contributed by atoms with Crippen molar-refractivity contribution in [3.05, 3.63) is 437 Å². The Balaban J connectivity index is 0.000000137. The molecule has 0 fully saturated rings. The second-order valence-electron chi connectivity index (χ2n) is 31.2. The summed E-state index contributed by atoms with van der Waals surface area (Å²) in [5.41, 5.74) is 19.9. The van der Waals surface area contributed by atoms with E-state index in [-0.39, 0.29) is 0 Å². The van der Waals surface area contributed by atoms with Crippen LogP contribution in [0.25, 0.3) is 240 Å². The normalized spacial score (nSPS) is 11.8. The van der Waals surface area contributed by atoms with E-state index in [1.165, 1.54) is 240 Å². The van der Waals surface area contributed by atoms with Gasteiger partial charge in [0.15, 0.2) is 0 Å². The first-order valence-electron chi connectivity index (χ1n) is 40.3. The average Bonchev–Trinajstić information content (AvgIpc) is 0.704. The Hall–Kier alpha value is -15.1. The minimum atomic E-state index is 1.22. The molecule has 0 heterocycles. The topological polar surface area (TPSA) is 0 Å². The lowest BCUT2D eigenvalue weighted by atomic mass is 9.84. The Morgan fingerprint density at radius 1 is 0.0862 bits per heavy atom. The Bertz CT molecular complexity index is 7660. The van der Waals surface area contributed by atoms with Gasteiger partial charge in [0.2, 0.25) is 0 Å². The van der Waals surface area contributed by atoms with Crippen molar-refractivity contribution < 1.29 is 0 Å². The summed E-state index contributed by atoms with van der Waals surface area (Å²) in [6.07, 6.45) is 0. The molecule has 0 bridgehead atoms. The molecule has 0 spiro atoms. The van der Waals surface area contributed by atoms with E-state index in [0.29, 0.717) is 0 Å². The summed E-state index contributed by atoms with van der Waals surface area (Å²) in [6, 6.07) is 162. The molecule has 24 rings (SSSR count). The number of hydrogen-bond donors (Lipinski definition) is 0. The van der Waals surface area contributed by atoms with Crippen molar-refractivity contribution in [3.63, 3.8) is 0 Å². The molecule has 0 aliphatic carbocycles. The molecule has 0 saturated heterocycles. The molecule has 24 aromatic carbocycles. The second-order valence-corrected chi connectivity index (χ2v) is 31.2. The van der Waals surface area contributed by atoms with Crippen LogP contribution in [0.1, 0.15) is 0 Å². The molecule has 0 aliphatic rings. The van der Waals surface area contributed by atoms with E-state index in [9.17, 15) is 0 Å². The van der Waals surface area contributed by atoms with Gasteiger partial charge in [-0.15, -0.1) is 0 Å². The molecule has 0 nitrogen and oxygen atoms in total. The van der Waals surface area contributed by atoms with Gasteiger partial charge >= 0.3 is 0 Å². The highest BCUT2D eigenvalue weighted by Gasteiger charge is 2.23. The minimum absolute atomic E-state index is 1.22. The molecule has 0 atom stereocenters. The highest BCUT2D eigenvalue weighted by Crippen LogP contribution is 2.51. The minimum Gasteiger partial charge on any atom is -0.0622 e. The molecule has 536 valence electrons. The molecule has 0 N–H and O–H groups in total. The lowest BCUT2D eigenvalue weighted by Gasteiger charge is -2.19. The third kappa shape index (κ3) is 11.1. The van der Waals surface area contributed by atoms with Crippen molar-refractivity contribution >= 4 is 151 Å². The van der Waals surface area contributed by atoms with Crippen LogP contribution in [0.4, 0.5) is 0 Å². The molecular weight excluding hydrogens is 1390 g/mol. The van der Waals surface area contributed by atoms with Crippen LogP contribution in [0.5, 0.6) is 0 Å². The zero-order valence-corrected chi connectivity index (χ0v) is 63.6. The van der Waals surface area contributed by atoms with E-state index in [4.69, 9.17) is 0 Å². The summed E-state index contributed by atoms with van der Waals surface area (Å²) in [7, 11) is 0. The van der Waals surface area contributed by atoms with Crippen LogP contribution < -0.4 is 0 Å². The summed E-state index contributed by atoms with van der Waals surface area (Å²) >= 11 is 0. The number of rotatable bonds is 8. The Labute approximate surface area is 671 Å². The van der Waals surface area contributed by atoms with Gasteiger partial charge in [0.05, 0.1) is 0 Å². The van der Waals surface area contributed by atoms with Gasteiger partial charge in [0.25, 0.3) is 0 Å². The van der Waals surface area contributed by atoms with Crippen LogP contribution >= 0.6 is 0 Å². The van der Waals surface area contributed by atoms with Crippen molar-refractivity contribution in [1.29, 1.82) is 0 Å². The fourth-order valence-corrected chi connectivity index (χ4v) is 19.3. The molecule has 0 amide bonds. The van der Waals surface area contributed by atoms with Crippen molar-refractivity contribution in [2.24, 2.45) is 0 Å². The molecule has 0 heteroatoms. The zero-order valence-electron chi connectivity index (χ0n) is 63.6. The van der Waals surface area contributed by atoms with Gasteiger partial charge in [-0.2, -0.15) is 0 Å². The predicted octanol–water partition coefficient (Wildman–Crippen LogP) is 32.9. The Morgan fingerprint density at radius 3 is 0.612 bits per heavy atom. The van der Waals surface area contributed by atoms with Gasteiger partial charge < -0.3 is 0 Å². The SMILES string of the molecule is c1ccc(-c2ccc3cc(-c4cc5c6ccccc6c6cc(-c7ccc8cc(-c9ccccc9)ccc8c7)c7ccccc7c6c5c5ccccc45)ccc3c2)cc1.c1ccc2c(-c3ccc(-c4cc5c6ccccc6c6cc(-c7ccc(-c8cccc9ccccc89)cc7)c7ccccc7c6c5c5ccccc45)cc3)cccc2c1. The maximum Gasteiger partial charge on any atom is -0.00137 e. The van der Waals surface area contributed by atoms with Crippen LogP contribution in [0, 0.1) is 0 Å². The monoisotopic (exact) mass is 1460 g/mol. The van der Waals surface area contributed by atoms with Crippen molar-refractivity contribution in [1.82, 2.24) is 0 Å². The molecule has 0 saturated carbocycles. The highest BCUT2D eigenvalue weighted by atomic mass is 14.3. The summed E-state index contributed by atoms with van der Waals surface area (Å²) in [5, 5.41) is 35.8.